The summed E-state index contributed by atoms with van der Waals surface area (Å²) in [5.74, 6) is 1.44. The van der Waals surface area contributed by atoms with Crippen molar-refractivity contribution < 1.29 is 9.34 Å². The number of thiazole rings is 1. The Labute approximate surface area is 178 Å². The highest BCUT2D eigenvalue weighted by Gasteiger charge is 2.13. The second-order valence-corrected chi connectivity index (χ2v) is 7.93. The van der Waals surface area contributed by atoms with Gasteiger partial charge in [0, 0.05) is 29.3 Å². The molecule has 0 bridgehead atoms. The lowest BCUT2D eigenvalue weighted by molar-refractivity contribution is -0.384. The summed E-state index contributed by atoms with van der Waals surface area (Å²) in [5, 5.41) is 15.3. The van der Waals surface area contributed by atoms with Crippen molar-refractivity contribution in [2.24, 2.45) is 0 Å². The molecule has 0 atom stereocenters. The largest absolute Gasteiger partial charge is 0.457 e. The van der Waals surface area contributed by atoms with Gasteiger partial charge in [-0.2, -0.15) is 9.50 Å². The average Bonchev–Trinajstić information content (AvgIpc) is 3.46. The topological polar surface area (TPSA) is 104 Å². The van der Waals surface area contributed by atoms with Crippen LogP contribution in [0.15, 0.2) is 69.9 Å². The van der Waals surface area contributed by atoms with Crippen molar-refractivity contribution in [2.45, 2.75) is 6.92 Å². The maximum Gasteiger partial charge on any atom is 0.291 e. The van der Waals surface area contributed by atoms with Crippen LogP contribution >= 0.6 is 11.3 Å². The molecule has 152 valence electrons. The molecule has 3 heterocycles. The van der Waals surface area contributed by atoms with Crippen LogP contribution in [-0.2, 0) is 0 Å². The highest BCUT2D eigenvalue weighted by atomic mass is 32.1. The Morgan fingerprint density at radius 3 is 2.68 bits per heavy atom. The summed E-state index contributed by atoms with van der Waals surface area (Å²) in [4.78, 5) is 28.3. The number of hydrogen-bond donors (Lipinski definition) is 0. The minimum absolute atomic E-state index is 0.0174. The minimum atomic E-state index is -0.456. The van der Waals surface area contributed by atoms with Crippen LogP contribution in [-0.4, -0.2) is 19.5 Å². The van der Waals surface area contributed by atoms with E-state index in [-0.39, 0.29) is 11.2 Å². The van der Waals surface area contributed by atoms with Gasteiger partial charge in [0.05, 0.1) is 4.92 Å². The molecule has 8 nitrogen and oxygen atoms in total. The molecule has 0 aliphatic carbocycles. The summed E-state index contributed by atoms with van der Waals surface area (Å²) in [5.41, 5.74) is 2.23. The molecule has 0 fully saturated rings. The highest BCUT2D eigenvalue weighted by Crippen LogP contribution is 2.26. The molecule has 2 aromatic carbocycles. The fourth-order valence-corrected chi connectivity index (χ4v) is 4.12. The molecule has 5 aromatic rings. The number of furan rings is 1. The molecule has 3 aromatic heterocycles. The van der Waals surface area contributed by atoms with E-state index in [9.17, 15) is 14.9 Å². The standard InChI is InChI=1S/C22H14N4O4S/c1-13-4-2-6-15(10-13)20-23-22-25(24-20)21(27)19(31-22)12-17-8-9-18(30-17)14-5-3-7-16(11-14)26(28)29/h2-12H,1H3/b19-12-. The van der Waals surface area contributed by atoms with Crippen LogP contribution in [0.1, 0.15) is 11.3 Å². The van der Waals surface area contributed by atoms with Crippen LogP contribution in [0.25, 0.3) is 33.7 Å². The number of nitrogens with zero attached hydrogens (tertiary/aromatic N) is 4. The Bertz CT molecular complexity index is 1560. The molecule has 31 heavy (non-hydrogen) atoms. The first kappa shape index (κ1) is 18.9. The van der Waals surface area contributed by atoms with Crippen molar-refractivity contribution in [2.75, 3.05) is 0 Å². The third kappa shape index (κ3) is 3.51. The number of aromatic nitrogens is 3. The number of rotatable bonds is 4. The van der Waals surface area contributed by atoms with Gasteiger partial charge in [-0.3, -0.25) is 14.9 Å². The van der Waals surface area contributed by atoms with Crippen molar-refractivity contribution in [3.05, 3.63) is 97.0 Å². The number of benzene rings is 2. The van der Waals surface area contributed by atoms with Gasteiger partial charge in [-0.1, -0.05) is 47.2 Å². The zero-order chi connectivity index (χ0) is 21.5. The van der Waals surface area contributed by atoms with Crippen molar-refractivity contribution >= 4 is 28.1 Å². The lowest BCUT2D eigenvalue weighted by Crippen LogP contribution is -2.23. The third-order valence-corrected chi connectivity index (χ3v) is 5.66. The average molecular weight is 430 g/mol. The first-order valence-electron chi connectivity index (χ1n) is 9.31. The Morgan fingerprint density at radius 1 is 1.10 bits per heavy atom. The molecule has 5 rings (SSSR count). The zero-order valence-corrected chi connectivity index (χ0v) is 17.0. The van der Waals surface area contributed by atoms with E-state index in [0.29, 0.717) is 32.4 Å². The van der Waals surface area contributed by atoms with Crippen LogP contribution < -0.4 is 10.1 Å². The van der Waals surface area contributed by atoms with Crippen LogP contribution in [0, 0.1) is 17.0 Å². The van der Waals surface area contributed by atoms with E-state index in [4.69, 9.17) is 4.42 Å². The molecule has 0 amide bonds. The number of nitro benzene ring substituents is 1. The van der Waals surface area contributed by atoms with E-state index in [0.717, 1.165) is 11.1 Å². The summed E-state index contributed by atoms with van der Waals surface area (Å²) in [6.45, 7) is 1.99. The number of hydrogen-bond acceptors (Lipinski definition) is 7. The smallest absolute Gasteiger partial charge is 0.291 e. The monoisotopic (exact) mass is 430 g/mol. The number of aryl methyl sites for hydroxylation is 1. The van der Waals surface area contributed by atoms with Gasteiger partial charge in [0.1, 0.15) is 16.1 Å². The Hall–Kier alpha value is -4.11. The summed E-state index contributed by atoms with van der Waals surface area (Å²) in [6, 6.07) is 17.4. The first-order valence-corrected chi connectivity index (χ1v) is 10.1. The molecule has 9 heteroatoms. The molecule has 0 unspecified atom stereocenters. The summed E-state index contributed by atoms with van der Waals surface area (Å²) < 4.78 is 7.51. The van der Waals surface area contributed by atoms with Gasteiger partial charge in [0.25, 0.3) is 11.2 Å². The van der Waals surface area contributed by atoms with Crippen molar-refractivity contribution in [1.82, 2.24) is 14.6 Å². The van der Waals surface area contributed by atoms with E-state index in [1.54, 1.807) is 30.3 Å². The molecule has 0 aliphatic rings. The first-order chi connectivity index (χ1) is 15.0. The predicted octanol–water partition coefficient (Wildman–Crippen LogP) is 3.84. The van der Waals surface area contributed by atoms with Crippen molar-refractivity contribution in [3.8, 4) is 22.7 Å². The van der Waals surface area contributed by atoms with Crippen LogP contribution in [0.2, 0.25) is 0 Å². The van der Waals surface area contributed by atoms with E-state index in [2.05, 4.69) is 10.1 Å². The fourth-order valence-electron chi connectivity index (χ4n) is 3.23. The number of non-ortho nitro benzene ring substituents is 1. The van der Waals surface area contributed by atoms with E-state index in [1.807, 2.05) is 31.2 Å². The summed E-state index contributed by atoms with van der Waals surface area (Å²) in [7, 11) is 0. The second-order valence-electron chi connectivity index (χ2n) is 6.92. The quantitative estimate of drug-likeness (QED) is 0.317. The fraction of sp³-hybridized carbons (Fsp3) is 0.0455. The van der Waals surface area contributed by atoms with E-state index in [1.165, 1.54) is 28.0 Å². The van der Waals surface area contributed by atoms with Gasteiger partial charge < -0.3 is 4.42 Å². The van der Waals surface area contributed by atoms with E-state index < -0.39 is 4.92 Å². The summed E-state index contributed by atoms with van der Waals surface area (Å²) >= 11 is 1.22. The molecule has 0 spiro atoms. The molecule has 0 aliphatic heterocycles. The van der Waals surface area contributed by atoms with Gasteiger partial charge in [-0.15, -0.1) is 5.10 Å². The second kappa shape index (κ2) is 7.29. The van der Waals surface area contributed by atoms with Gasteiger partial charge in [0.15, 0.2) is 5.82 Å². The Morgan fingerprint density at radius 2 is 1.90 bits per heavy atom. The molecule has 0 saturated carbocycles. The van der Waals surface area contributed by atoms with Gasteiger partial charge in [-0.25, -0.2) is 0 Å². The third-order valence-electron chi connectivity index (χ3n) is 4.70. The molecule has 0 radical (unpaired) electrons. The van der Waals surface area contributed by atoms with Gasteiger partial charge in [0.2, 0.25) is 4.96 Å². The Balaban J connectivity index is 1.50. The normalized spacial score (nSPS) is 12.0. The van der Waals surface area contributed by atoms with E-state index >= 15 is 0 Å². The molecular weight excluding hydrogens is 416 g/mol. The Kier molecular flexibility index (Phi) is 4.45. The zero-order valence-electron chi connectivity index (χ0n) is 16.2. The van der Waals surface area contributed by atoms with Crippen molar-refractivity contribution in [3.63, 3.8) is 0 Å². The van der Waals surface area contributed by atoms with Crippen LogP contribution in [0.3, 0.4) is 0 Å². The van der Waals surface area contributed by atoms with Crippen LogP contribution in [0.5, 0.6) is 0 Å². The van der Waals surface area contributed by atoms with Gasteiger partial charge in [-0.05, 0) is 25.1 Å². The maximum atomic E-state index is 12.8. The van der Waals surface area contributed by atoms with Crippen molar-refractivity contribution in [1.29, 1.82) is 0 Å². The predicted molar refractivity (Wildman–Crippen MR) is 117 cm³/mol. The minimum Gasteiger partial charge on any atom is -0.457 e. The SMILES string of the molecule is Cc1cccc(-c2nc3s/c(=C\c4ccc(-c5cccc([N+](=O)[O-])c5)o4)c(=O)n3n2)c1. The lowest BCUT2D eigenvalue weighted by Gasteiger charge is -1.96. The molecule has 0 N–H and O–H groups in total. The van der Waals surface area contributed by atoms with Crippen LogP contribution in [0.4, 0.5) is 5.69 Å². The summed E-state index contributed by atoms with van der Waals surface area (Å²) in [6.07, 6.45) is 1.62. The molecule has 0 saturated heterocycles. The lowest BCUT2D eigenvalue weighted by atomic mass is 10.1. The molecular formula is C22H14N4O4S. The number of fused-ring (bicyclic) bond motifs is 1. The highest BCUT2D eigenvalue weighted by molar-refractivity contribution is 7.15. The maximum absolute atomic E-state index is 12.8. The van der Waals surface area contributed by atoms with Gasteiger partial charge >= 0.3 is 0 Å². The number of nitro groups is 1.